The summed E-state index contributed by atoms with van der Waals surface area (Å²) in [5, 5.41) is -0.138. The van der Waals surface area contributed by atoms with Gasteiger partial charge in [0.15, 0.2) is 16.7 Å². The molecule has 0 N–H and O–H groups in total. The van der Waals surface area contributed by atoms with Crippen LogP contribution in [0.25, 0.3) is 0 Å². The first-order chi connectivity index (χ1) is 8.63. The maximum absolute atomic E-state index is 13.9. The molecule has 1 aromatic carbocycles. The van der Waals surface area contributed by atoms with Gasteiger partial charge in [0.05, 0.1) is 13.7 Å². The summed E-state index contributed by atoms with van der Waals surface area (Å²) in [6.45, 7) is 0.0735. The van der Waals surface area contributed by atoms with E-state index in [0.717, 1.165) is 0 Å². The number of ether oxygens (including phenoxy) is 1. The fourth-order valence-corrected chi connectivity index (χ4v) is 1.73. The van der Waals surface area contributed by atoms with Gasteiger partial charge in [0.2, 0.25) is 0 Å². The minimum atomic E-state index is -0.486. The molecule has 18 heavy (non-hydrogen) atoms. The Labute approximate surface area is 108 Å². The second kappa shape index (κ2) is 5.18. The molecule has 4 nitrogen and oxygen atoms in total. The van der Waals surface area contributed by atoms with E-state index in [1.54, 1.807) is 12.1 Å². The highest BCUT2D eigenvalue weighted by Crippen LogP contribution is 2.20. The standard InChI is InChI=1S/C12H10ClFN2O2/c1-18-9-4-2-3-8(10(9)14)7-16-6-5-15-11(13)12(16)17/h2-6H,7H2,1H3. The molecule has 0 aliphatic heterocycles. The second-order valence-electron chi connectivity index (χ2n) is 3.58. The first-order valence-electron chi connectivity index (χ1n) is 5.16. The Morgan fingerprint density at radius 1 is 1.50 bits per heavy atom. The van der Waals surface area contributed by atoms with Crippen LogP contribution in [-0.2, 0) is 6.54 Å². The summed E-state index contributed by atoms with van der Waals surface area (Å²) in [5.74, 6) is -0.347. The fourth-order valence-electron chi connectivity index (χ4n) is 1.56. The third-order valence-electron chi connectivity index (χ3n) is 2.48. The maximum Gasteiger partial charge on any atom is 0.288 e. The highest BCUT2D eigenvalue weighted by molar-refractivity contribution is 6.29. The Morgan fingerprint density at radius 3 is 3.00 bits per heavy atom. The van der Waals surface area contributed by atoms with Gasteiger partial charge in [-0.3, -0.25) is 4.79 Å². The molecule has 0 aliphatic carbocycles. The van der Waals surface area contributed by atoms with Crippen LogP contribution in [0.2, 0.25) is 5.15 Å². The molecule has 0 unspecified atom stereocenters. The maximum atomic E-state index is 13.9. The molecule has 0 amide bonds. The topological polar surface area (TPSA) is 44.1 Å². The molecule has 0 fully saturated rings. The van der Waals surface area contributed by atoms with Gasteiger partial charge in [-0.15, -0.1) is 0 Å². The lowest BCUT2D eigenvalue weighted by atomic mass is 10.2. The smallest absolute Gasteiger partial charge is 0.288 e. The van der Waals surface area contributed by atoms with Crippen molar-refractivity contribution >= 4 is 11.6 Å². The van der Waals surface area contributed by atoms with Crippen molar-refractivity contribution in [3.8, 4) is 5.75 Å². The molecule has 6 heteroatoms. The van der Waals surface area contributed by atoms with Gasteiger partial charge in [0.25, 0.3) is 5.56 Å². The van der Waals surface area contributed by atoms with E-state index in [1.165, 1.54) is 30.1 Å². The van der Waals surface area contributed by atoms with E-state index in [9.17, 15) is 9.18 Å². The molecule has 1 heterocycles. The van der Waals surface area contributed by atoms with Crippen molar-refractivity contribution in [1.29, 1.82) is 0 Å². The number of benzene rings is 1. The first-order valence-corrected chi connectivity index (χ1v) is 5.53. The fraction of sp³-hybridized carbons (Fsp3) is 0.167. The van der Waals surface area contributed by atoms with Crippen LogP contribution in [0.15, 0.2) is 35.4 Å². The summed E-state index contributed by atoms with van der Waals surface area (Å²) < 4.78 is 20.1. The van der Waals surface area contributed by atoms with Crippen LogP contribution in [0.5, 0.6) is 5.75 Å². The summed E-state index contributed by atoms with van der Waals surface area (Å²) in [6, 6.07) is 4.75. The molecule has 0 atom stereocenters. The Morgan fingerprint density at radius 2 is 2.28 bits per heavy atom. The number of hydrogen-bond donors (Lipinski definition) is 0. The number of methoxy groups -OCH3 is 1. The molecule has 94 valence electrons. The molecule has 0 saturated carbocycles. The van der Waals surface area contributed by atoms with Gasteiger partial charge in [0, 0.05) is 18.0 Å². The van der Waals surface area contributed by atoms with Crippen LogP contribution >= 0.6 is 11.6 Å². The Kier molecular flexibility index (Phi) is 3.62. The predicted octanol–water partition coefficient (Wildman–Crippen LogP) is 2.09. The Hall–Kier alpha value is -1.88. The van der Waals surface area contributed by atoms with Crippen molar-refractivity contribution < 1.29 is 9.13 Å². The van der Waals surface area contributed by atoms with Crippen LogP contribution < -0.4 is 10.3 Å². The summed E-state index contributed by atoms with van der Waals surface area (Å²) in [4.78, 5) is 15.3. The lowest BCUT2D eigenvalue weighted by Crippen LogP contribution is -2.21. The Bertz CT molecular complexity index is 628. The van der Waals surface area contributed by atoms with Crippen LogP contribution in [0.4, 0.5) is 4.39 Å². The van der Waals surface area contributed by atoms with Gasteiger partial charge < -0.3 is 9.30 Å². The average Bonchev–Trinajstić information content (AvgIpc) is 2.37. The van der Waals surface area contributed by atoms with Gasteiger partial charge >= 0.3 is 0 Å². The Balaban J connectivity index is 2.40. The number of hydrogen-bond acceptors (Lipinski definition) is 3. The zero-order chi connectivity index (χ0) is 13.1. The lowest BCUT2D eigenvalue weighted by Gasteiger charge is -2.09. The molecule has 0 saturated heterocycles. The quantitative estimate of drug-likeness (QED) is 0.856. The molecular formula is C12H10ClFN2O2. The van der Waals surface area contributed by atoms with E-state index >= 15 is 0 Å². The zero-order valence-corrected chi connectivity index (χ0v) is 10.3. The van der Waals surface area contributed by atoms with Crippen molar-refractivity contribution in [3.63, 3.8) is 0 Å². The molecule has 0 spiro atoms. The third kappa shape index (κ3) is 2.36. The minimum absolute atomic E-state index is 0.0735. The second-order valence-corrected chi connectivity index (χ2v) is 3.94. The number of halogens is 2. The monoisotopic (exact) mass is 268 g/mol. The molecule has 0 aliphatic rings. The summed E-state index contributed by atoms with van der Waals surface area (Å²) >= 11 is 5.62. The van der Waals surface area contributed by atoms with Crippen LogP contribution in [0.3, 0.4) is 0 Å². The number of nitrogens with zero attached hydrogens (tertiary/aromatic N) is 2. The first kappa shape index (κ1) is 12.6. The average molecular weight is 269 g/mol. The van der Waals surface area contributed by atoms with Gasteiger partial charge in [-0.05, 0) is 6.07 Å². The van der Waals surface area contributed by atoms with Crippen LogP contribution in [-0.4, -0.2) is 16.7 Å². The van der Waals surface area contributed by atoms with Gasteiger partial charge in [0.1, 0.15) is 0 Å². The molecular weight excluding hydrogens is 259 g/mol. The number of rotatable bonds is 3. The van der Waals surface area contributed by atoms with Gasteiger partial charge in [-0.2, -0.15) is 0 Å². The van der Waals surface area contributed by atoms with E-state index in [0.29, 0.717) is 5.56 Å². The highest BCUT2D eigenvalue weighted by atomic mass is 35.5. The van der Waals surface area contributed by atoms with Crippen LogP contribution in [0.1, 0.15) is 5.56 Å². The normalized spacial score (nSPS) is 10.4. The predicted molar refractivity (Wildman–Crippen MR) is 65.6 cm³/mol. The highest BCUT2D eigenvalue weighted by Gasteiger charge is 2.10. The van der Waals surface area contributed by atoms with E-state index in [-0.39, 0.29) is 17.4 Å². The zero-order valence-electron chi connectivity index (χ0n) is 9.56. The SMILES string of the molecule is COc1cccc(Cn2ccnc(Cl)c2=O)c1F. The molecule has 0 bridgehead atoms. The molecule has 1 aromatic heterocycles. The van der Waals surface area contributed by atoms with Crippen LogP contribution in [0, 0.1) is 5.82 Å². The molecule has 0 radical (unpaired) electrons. The van der Waals surface area contributed by atoms with E-state index in [2.05, 4.69) is 4.98 Å². The minimum Gasteiger partial charge on any atom is -0.494 e. The van der Waals surface area contributed by atoms with Gasteiger partial charge in [-0.25, -0.2) is 9.37 Å². The van der Waals surface area contributed by atoms with Crippen molar-refractivity contribution in [2.45, 2.75) is 6.54 Å². The molecule has 2 rings (SSSR count). The largest absolute Gasteiger partial charge is 0.494 e. The van der Waals surface area contributed by atoms with E-state index in [1.807, 2.05) is 0 Å². The van der Waals surface area contributed by atoms with E-state index in [4.69, 9.17) is 16.3 Å². The van der Waals surface area contributed by atoms with Crippen molar-refractivity contribution in [3.05, 3.63) is 57.5 Å². The molecule has 2 aromatic rings. The summed E-state index contributed by atoms with van der Waals surface area (Å²) in [5.41, 5.74) is -0.111. The third-order valence-corrected chi connectivity index (χ3v) is 2.73. The lowest BCUT2D eigenvalue weighted by molar-refractivity contribution is 0.383. The summed E-state index contributed by atoms with van der Waals surface area (Å²) in [6.07, 6.45) is 2.84. The van der Waals surface area contributed by atoms with Crippen molar-refractivity contribution in [2.24, 2.45) is 0 Å². The van der Waals surface area contributed by atoms with Crippen molar-refractivity contribution in [1.82, 2.24) is 9.55 Å². The summed E-state index contributed by atoms with van der Waals surface area (Å²) in [7, 11) is 1.39. The number of aromatic nitrogens is 2. The van der Waals surface area contributed by atoms with Gasteiger partial charge in [-0.1, -0.05) is 23.7 Å². The van der Waals surface area contributed by atoms with E-state index < -0.39 is 11.4 Å². The van der Waals surface area contributed by atoms with Crippen molar-refractivity contribution in [2.75, 3.05) is 7.11 Å².